The largest absolute Gasteiger partial charge is 0.394 e. The molecule has 1 amide bonds. The second kappa shape index (κ2) is 61.4. The lowest BCUT2D eigenvalue weighted by Gasteiger charge is -2.48. The molecule has 3 saturated heterocycles. The molecule has 0 aromatic heterocycles. The summed E-state index contributed by atoms with van der Waals surface area (Å²) in [5.41, 5.74) is 0. The zero-order valence-electron chi connectivity index (χ0n) is 62.2. The van der Waals surface area contributed by atoms with Crippen LogP contribution in [0.1, 0.15) is 303 Å². The summed E-state index contributed by atoms with van der Waals surface area (Å²) in [6, 6.07) is -0.887. The summed E-state index contributed by atoms with van der Waals surface area (Å²) in [6.45, 7) is 1.70. The first-order valence-electron chi connectivity index (χ1n) is 40.2. The fourth-order valence-electron chi connectivity index (χ4n) is 13.4. The van der Waals surface area contributed by atoms with Crippen molar-refractivity contribution < 1.29 is 89.4 Å². The Morgan fingerprint density at radius 1 is 0.370 bits per heavy atom. The van der Waals surface area contributed by atoms with Gasteiger partial charge in [-0.05, 0) is 64.2 Å². The SMILES string of the molecule is CC/C=C\C/C=C\C/C=C\C/C=C\C/C=C\C/C=C\CCCCCCCCCCCCCCCCCCCCCCCCC(=O)NC(COC1OC(CO)C(OC2OC(CO)C(OC3OC(CO)C(O)C(O)C3O)C(O)C2O)C(O)C1O)C(O)CCCCCCCCCCCCCCCC. The molecule has 0 aromatic rings. The van der Waals surface area contributed by atoms with E-state index in [4.69, 9.17) is 28.4 Å². The lowest BCUT2D eigenvalue weighted by molar-refractivity contribution is -0.379. The van der Waals surface area contributed by atoms with E-state index in [0.29, 0.717) is 12.8 Å². The fraction of sp³-hybridized carbons (Fsp3) is 0.840. The molecule has 0 saturated carbocycles. The molecular formula is C81H145NO18. The molecule has 3 fully saturated rings. The number of amides is 1. The van der Waals surface area contributed by atoms with Gasteiger partial charge in [-0.15, -0.1) is 0 Å². The smallest absolute Gasteiger partial charge is 0.220 e. The number of hydrogen-bond acceptors (Lipinski definition) is 18. The summed E-state index contributed by atoms with van der Waals surface area (Å²) in [7, 11) is 0. The van der Waals surface area contributed by atoms with Crippen LogP contribution in [0.25, 0.3) is 0 Å². The highest BCUT2D eigenvalue weighted by Gasteiger charge is 2.54. The van der Waals surface area contributed by atoms with E-state index in [1.54, 1.807) is 0 Å². The molecule has 0 spiro atoms. The topological polar surface area (TPSA) is 307 Å². The molecule has 3 rings (SSSR count). The van der Waals surface area contributed by atoms with Gasteiger partial charge >= 0.3 is 0 Å². The average Bonchev–Trinajstić information content (AvgIpc) is 0.783. The first-order valence-corrected chi connectivity index (χ1v) is 40.2. The molecule has 12 N–H and O–H groups in total. The van der Waals surface area contributed by atoms with Crippen LogP contribution >= 0.6 is 0 Å². The zero-order chi connectivity index (χ0) is 72.5. The van der Waals surface area contributed by atoms with E-state index < -0.39 is 124 Å². The molecule has 0 radical (unpaired) electrons. The van der Waals surface area contributed by atoms with E-state index in [2.05, 4.69) is 92.1 Å². The van der Waals surface area contributed by atoms with Crippen LogP contribution in [0, 0.1) is 0 Å². The molecule has 17 unspecified atom stereocenters. The molecule has 3 aliphatic rings. The summed E-state index contributed by atoms with van der Waals surface area (Å²) < 4.78 is 34.5. The van der Waals surface area contributed by atoms with Gasteiger partial charge in [0.1, 0.15) is 73.2 Å². The van der Waals surface area contributed by atoms with E-state index in [1.807, 2.05) is 0 Å². The number of unbranched alkanes of at least 4 members (excludes halogenated alkanes) is 35. The van der Waals surface area contributed by atoms with Crippen LogP contribution in [0.15, 0.2) is 72.9 Å². The monoisotopic (exact) mass is 1420 g/mol. The number of carbonyl (C=O) groups excluding carboxylic acids is 1. The van der Waals surface area contributed by atoms with Crippen LogP contribution in [-0.4, -0.2) is 193 Å². The molecule has 0 bridgehead atoms. The average molecular weight is 1420 g/mol. The molecule has 3 heterocycles. The maximum absolute atomic E-state index is 13.5. The molecule has 19 heteroatoms. The van der Waals surface area contributed by atoms with E-state index in [1.165, 1.54) is 186 Å². The molecule has 100 heavy (non-hydrogen) atoms. The third-order valence-electron chi connectivity index (χ3n) is 19.8. The van der Waals surface area contributed by atoms with E-state index in [9.17, 15) is 61.0 Å². The second-order valence-electron chi connectivity index (χ2n) is 28.5. The van der Waals surface area contributed by atoms with Crippen molar-refractivity contribution in [3.63, 3.8) is 0 Å². The van der Waals surface area contributed by atoms with Gasteiger partial charge in [-0.1, -0.05) is 305 Å². The van der Waals surface area contributed by atoms with Crippen LogP contribution in [0.3, 0.4) is 0 Å². The summed E-state index contributed by atoms with van der Waals surface area (Å²) in [4.78, 5) is 13.5. The number of aliphatic hydroxyl groups is 11. The van der Waals surface area contributed by atoms with Crippen molar-refractivity contribution in [2.45, 2.75) is 407 Å². The Kier molecular flexibility index (Phi) is 56.1. The van der Waals surface area contributed by atoms with Crippen molar-refractivity contribution in [1.82, 2.24) is 5.32 Å². The minimum Gasteiger partial charge on any atom is -0.394 e. The number of ether oxygens (including phenoxy) is 6. The molecule has 17 atom stereocenters. The summed E-state index contributed by atoms with van der Waals surface area (Å²) in [6.07, 6.45) is 53.0. The number of aliphatic hydroxyl groups excluding tert-OH is 11. The highest BCUT2D eigenvalue weighted by molar-refractivity contribution is 5.76. The van der Waals surface area contributed by atoms with Crippen molar-refractivity contribution >= 4 is 5.91 Å². The van der Waals surface area contributed by atoms with Crippen molar-refractivity contribution in [2.24, 2.45) is 0 Å². The number of allylic oxidation sites excluding steroid dienone is 12. The normalized spacial score (nSPS) is 26.8. The maximum atomic E-state index is 13.5. The van der Waals surface area contributed by atoms with Crippen molar-refractivity contribution in [1.29, 1.82) is 0 Å². The highest BCUT2D eigenvalue weighted by Crippen LogP contribution is 2.33. The predicted molar refractivity (Wildman–Crippen MR) is 397 cm³/mol. The fourth-order valence-corrected chi connectivity index (χ4v) is 13.4. The summed E-state index contributed by atoms with van der Waals surface area (Å²) in [5.74, 6) is -0.239. The van der Waals surface area contributed by atoms with E-state index in [0.717, 1.165) is 83.5 Å². The van der Waals surface area contributed by atoms with E-state index >= 15 is 0 Å². The van der Waals surface area contributed by atoms with E-state index in [-0.39, 0.29) is 18.9 Å². The summed E-state index contributed by atoms with van der Waals surface area (Å²) in [5, 5.41) is 121. The third kappa shape index (κ3) is 41.2. The quantitative estimate of drug-likeness (QED) is 0.0199. The zero-order valence-corrected chi connectivity index (χ0v) is 62.2. The molecular weight excluding hydrogens is 1270 g/mol. The Morgan fingerprint density at radius 2 is 0.690 bits per heavy atom. The van der Waals surface area contributed by atoms with Gasteiger partial charge in [-0.2, -0.15) is 0 Å². The molecule has 582 valence electrons. The van der Waals surface area contributed by atoms with Crippen molar-refractivity contribution in [2.75, 3.05) is 26.4 Å². The molecule has 0 aromatic carbocycles. The third-order valence-corrected chi connectivity index (χ3v) is 19.8. The van der Waals surface area contributed by atoms with Gasteiger partial charge in [0.2, 0.25) is 5.91 Å². The molecule has 19 nitrogen and oxygen atoms in total. The van der Waals surface area contributed by atoms with Crippen LogP contribution in [0.5, 0.6) is 0 Å². The first-order chi connectivity index (χ1) is 48.8. The Labute approximate surface area is 604 Å². The van der Waals surface area contributed by atoms with Crippen molar-refractivity contribution in [3.8, 4) is 0 Å². The predicted octanol–water partition coefficient (Wildman–Crippen LogP) is 13.2. The van der Waals surface area contributed by atoms with Crippen LogP contribution in [0.4, 0.5) is 0 Å². The Bertz CT molecular complexity index is 2090. The van der Waals surface area contributed by atoms with Crippen molar-refractivity contribution in [3.05, 3.63) is 72.9 Å². The number of hydrogen-bond donors (Lipinski definition) is 12. The standard InChI is InChI=1S/C81H145NO18/c1-3-5-7-9-11-13-15-17-19-20-21-22-23-24-25-26-27-28-29-30-31-32-33-34-35-36-37-38-39-40-41-42-43-44-45-47-49-51-53-55-57-59-69(87)82-64(65(86)58-56-54-52-50-48-46-18-16-14-12-10-8-6-4-2)63-95-79-75(93)72(90)77(67(61-84)97-79)100-81-76(94)73(91)78(68(62-85)98-81)99-80-74(92)71(89)70(88)66(60-83)96-80/h5,7,11,13,17,19,21-22,24-25,27-28,64-68,70-81,83-86,88-94H,3-4,6,8-10,12,14-16,18,20,23,26,29-63H2,1-2H3,(H,82,87)/b7-5-,13-11-,19-17-,22-21-,25-24-,28-27-. The highest BCUT2D eigenvalue weighted by atomic mass is 16.8. The maximum Gasteiger partial charge on any atom is 0.220 e. The van der Waals surface area contributed by atoms with Gasteiger partial charge in [-0.25, -0.2) is 0 Å². The second-order valence-corrected chi connectivity index (χ2v) is 28.5. The van der Waals surface area contributed by atoms with Gasteiger partial charge in [0.15, 0.2) is 18.9 Å². The Morgan fingerprint density at radius 3 is 1.08 bits per heavy atom. The Balaban J connectivity index is 1.27. The van der Waals surface area contributed by atoms with Crippen LogP contribution < -0.4 is 5.32 Å². The summed E-state index contributed by atoms with van der Waals surface area (Å²) >= 11 is 0. The van der Waals surface area contributed by atoms with Crippen LogP contribution in [0.2, 0.25) is 0 Å². The lowest BCUT2D eigenvalue weighted by Crippen LogP contribution is -2.66. The minimum atomic E-state index is -1.97. The number of carbonyl (C=O) groups is 1. The van der Waals surface area contributed by atoms with Gasteiger partial charge < -0.3 is 89.9 Å². The minimum absolute atomic E-state index is 0.239. The van der Waals surface area contributed by atoms with Gasteiger partial charge in [-0.3, -0.25) is 4.79 Å². The van der Waals surface area contributed by atoms with Gasteiger partial charge in [0, 0.05) is 6.42 Å². The number of rotatable bonds is 63. The lowest BCUT2D eigenvalue weighted by atomic mass is 9.96. The van der Waals surface area contributed by atoms with Crippen LogP contribution in [-0.2, 0) is 33.2 Å². The number of nitrogens with one attached hydrogen (secondary N) is 1. The Hall–Kier alpha value is -2.77. The molecule has 0 aliphatic carbocycles. The molecule has 3 aliphatic heterocycles. The van der Waals surface area contributed by atoms with Gasteiger partial charge in [0.25, 0.3) is 0 Å². The van der Waals surface area contributed by atoms with Gasteiger partial charge in [0.05, 0.1) is 38.6 Å². The first kappa shape index (κ1) is 91.4.